The fourth-order valence-electron chi connectivity index (χ4n) is 1.86. The van der Waals surface area contributed by atoms with Crippen LogP contribution >= 0.6 is 0 Å². The summed E-state index contributed by atoms with van der Waals surface area (Å²) in [6.45, 7) is 0. The zero-order chi connectivity index (χ0) is 12.3. The third-order valence-electron chi connectivity index (χ3n) is 2.73. The van der Waals surface area contributed by atoms with Crippen molar-refractivity contribution in [3.05, 3.63) is 48.0 Å². The molecule has 0 radical (unpaired) electrons. The third-order valence-corrected chi connectivity index (χ3v) is 2.73. The molecular weight excluding hydrogens is 210 g/mol. The van der Waals surface area contributed by atoms with E-state index in [0.717, 1.165) is 10.8 Å². The van der Waals surface area contributed by atoms with Crippen molar-refractivity contribution in [1.82, 2.24) is 0 Å². The van der Waals surface area contributed by atoms with Crippen LogP contribution in [0.1, 0.15) is 16.8 Å². The summed E-state index contributed by atoms with van der Waals surface area (Å²) in [5, 5.41) is 1.96. The first-order chi connectivity index (χ1) is 8.24. The first kappa shape index (κ1) is 11.4. The average molecular weight is 223 g/mol. The third kappa shape index (κ3) is 2.20. The van der Waals surface area contributed by atoms with Crippen LogP contribution in [0.25, 0.3) is 10.8 Å². The molecular formula is C15H13NO. The Morgan fingerprint density at radius 3 is 2.71 bits per heavy atom. The Morgan fingerprint density at radius 2 is 1.94 bits per heavy atom. The quantitative estimate of drug-likeness (QED) is 0.641. The minimum atomic E-state index is -0.620. The zero-order valence-electron chi connectivity index (χ0n) is 9.39. The molecule has 0 aliphatic heterocycles. The lowest BCUT2D eigenvalue weighted by Crippen LogP contribution is -2.30. The number of hydrogen-bond donors (Lipinski definition) is 1. The summed E-state index contributed by atoms with van der Waals surface area (Å²) in [6, 6.07) is 12.7. The van der Waals surface area contributed by atoms with Crippen molar-refractivity contribution in [3.8, 4) is 12.3 Å². The van der Waals surface area contributed by atoms with Crippen molar-refractivity contribution in [2.24, 2.45) is 5.73 Å². The van der Waals surface area contributed by atoms with Gasteiger partial charge >= 0.3 is 0 Å². The van der Waals surface area contributed by atoms with Crippen LogP contribution in [-0.2, 0) is 0 Å². The van der Waals surface area contributed by atoms with Crippen LogP contribution in [-0.4, -0.2) is 11.8 Å². The average Bonchev–Trinajstić information content (AvgIpc) is 2.37. The molecule has 2 nitrogen and oxygen atoms in total. The van der Waals surface area contributed by atoms with Crippen molar-refractivity contribution < 1.29 is 4.79 Å². The fraction of sp³-hybridized carbons (Fsp3) is 0.133. The SMILES string of the molecule is C#CCC(N)C(=O)c1cccc2ccccc12. The summed E-state index contributed by atoms with van der Waals surface area (Å²) in [7, 11) is 0. The van der Waals surface area contributed by atoms with E-state index in [0.29, 0.717) is 5.56 Å². The standard InChI is InChI=1S/C15H13NO/c1-2-6-14(16)15(17)13-10-5-8-11-7-3-4-9-12(11)13/h1,3-5,7-10,14H,6,16H2. The summed E-state index contributed by atoms with van der Waals surface area (Å²) in [5.41, 5.74) is 6.40. The van der Waals surface area contributed by atoms with Crippen molar-refractivity contribution in [3.63, 3.8) is 0 Å². The number of carbonyl (C=O) groups excluding carboxylic acids is 1. The van der Waals surface area contributed by atoms with Gasteiger partial charge in [0.05, 0.1) is 6.04 Å². The van der Waals surface area contributed by atoms with Gasteiger partial charge in [0.1, 0.15) is 0 Å². The maximum absolute atomic E-state index is 12.1. The van der Waals surface area contributed by atoms with Gasteiger partial charge in [-0.25, -0.2) is 0 Å². The van der Waals surface area contributed by atoms with E-state index in [-0.39, 0.29) is 12.2 Å². The first-order valence-electron chi connectivity index (χ1n) is 5.45. The highest BCUT2D eigenvalue weighted by Crippen LogP contribution is 2.19. The predicted molar refractivity (Wildman–Crippen MR) is 69.7 cm³/mol. The largest absolute Gasteiger partial charge is 0.320 e. The molecule has 0 aromatic heterocycles. The number of terminal acetylenes is 1. The maximum atomic E-state index is 12.1. The van der Waals surface area contributed by atoms with Gasteiger partial charge in [0.15, 0.2) is 5.78 Å². The predicted octanol–water partition coefficient (Wildman–Crippen LogP) is 2.37. The van der Waals surface area contributed by atoms with Gasteiger partial charge in [-0.05, 0) is 10.8 Å². The Balaban J connectivity index is 2.49. The molecule has 0 saturated heterocycles. The van der Waals surface area contributed by atoms with Crippen LogP contribution in [0.15, 0.2) is 42.5 Å². The number of hydrogen-bond acceptors (Lipinski definition) is 2. The molecule has 0 fully saturated rings. The second-order valence-electron chi connectivity index (χ2n) is 3.91. The fourth-order valence-corrected chi connectivity index (χ4v) is 1.86. The van der Waals surface area contributed by atoms with Crippen molar-refractivity contribution in [2.75, 3.05) is 0 Å². The van der Waals surface area contributed by atoms with Crippen LogP contribution in [0.3, 0.4) is 0 Å². The number of ketones is 1. The van der Waals surface area contributed by atoms with Crippen molar-refractivity contribution in [1.29, 1.82) is 0 Å². The van der Waals surface area contributed by atoms with Gasteiger partial charge in [0.25, 0.3) is 0 Å². The number of rotatable bonds is 3. The number of nitrogens with two attached hydrogens (primary N) is 1. The van der Waals surface area contributed by atoms with Gasteiger partial charge in [-0.15, -0.1) is 12.3 Å². The molecule has 0 aliphatic carbocycles. The molecule has 0 heterocycles. The van der Waals surface area contributed by atoms with E-state index in [9.17, 15) is 4.79 Å². The van der Waals surface area contributed by atoms with E-state index in [1.54, 1.807) is 6.07 Å². The first-order valence-corrected chi connectivity index (χ1v) is 5.45. The van der Waals surface area contributed by atoms with Crippen LogP contribution in [0.4, 0.5) is 0 Å². The molecule has 2 heteroatoms. The normalized spacial score (nSPS) is 12.0. The van der Waals surface area contributed by atoms with Gasteiger partial charge in [-0.2, -0.15) is 0 Å². The lowest BCUT2D eigenvalue weighted by Gasteiger charge is -2.09. The summed E-state index contributed by atoms with van der Waals surface area (Å²) in [6.07, 6.45) is 5.44. The highest BCUT2D eigenvalue weighted by Gasteiger charge is 2.16. The Kier molecular flexibility index (Phi) is 3.22. The van der Waals surface area contributed by atoms with Crippen LogP contribution in [0.2, 0.25) is 0 Å². The lowest BCUT2D eigenvalue weighted by molar-refractivity contribution is 0.0964. The van der Waals surface area contributed by atoms with Gasteiger partial charge in [0, 0.05) is 12.0 Å². The smallest absolute Gasteiger partial charge is 0.181 e. The molecule has 2 aromatic rings. The van der Waals surface area contributed by atoms with Gasteiger partial charge < -0.3 is 5.73 Å². The summed E-state index contributed by atoms with van der Waals surface area (Å²) < 4.78 is 0. The molecule has 0 spiro atoms. The van der Waals surface area contributed by atoms with E-state index in [4.69, 9.17) is 12.2 Å². The van der Waals surface area contributed by atoms with E-state index < -0.39 is 6.04 Å². The van der Waals surface area contributed by atoms with E-state index in [2.05, 4.69) is 5.92 Å². The van der Waals surface area contributed by atoms with Crippen LogP contribution in [0, 0.1) is 12.3 Å². The molecule has 17 heavy (non-hydrogen) atoms. The number of fused-ring (bicyclic) bond motifs is 1. The minimum Gasteiger partial charge on any atom is -0.320 e. The van der Waals surface area contributed by atoms with Crippen molar-refractivity contribution >= 4 is 16.6 Å². The topological polar surface area (TPSA) is 43.1 Å². The highest BCUT2D eigenvalue weighted by atomic mass is 16.1. The highest BCUT2D eigenvalue weighted by molar-refractivity contribution is 6.10. The Hall–Kier alpha value is -2.11. The van der Waals surface area contributed by atoms with E-state index in [1.807, 2.05) is 36.4 Å². The van der Waals surface area contributed by atoms with Gasteiger partial charge in [0.2, 0.25) is 0 Å². The van der Waals surface area contributed by atoms with E-state index in [1.165, 1.54) is 0 Å². The number of Topliss-reactive ketones (excluding diaryl/α,β-unsaturated/α-hetero) is 1. The molecule has 2 N–H and O–H groups in total. The van der Waals surface area contributed by atoms with Gasteiger partial charge in [-0.3, -0.25) is 4.79 Å². The lowest BCUT2D eigenvalue weighted by atomic mass is 9.97. The van der Waals surface area contributed by atoms with Crippen LogP contribution in [0.5, 0.6) is 0 Å². The number of benzene rings is 2. The molecule has 0 aliphatic rings. The summed E-state index contributed by atoms with van der Waals surface area (Å²) in [4.78, 5) is 12.1. The molecule has 2 rings (SSSR count). The molecule has 2 aromatic carbocycles. The minimum absolute atomic E-state index is 0.0975. The molecule has 0 amide bonds. The maximum Gasteiger partial charge on any atom is 0.181 e. The van der Waals surface area contributed by atoms with Gasteiger partial charge in [-0.1, -0.05) is 42.5 Å². The molecule has 0 bridgehead atoms. The zero-order valence-corrected chi connectivity index (χ0v) is 9.39. The molecule has 1 atom stereocenters. The van der Waals surface area contributed by atoms with Crippen molar-refractivity contribution in [2.45, 2.75) is 12.5 Å². The van der Waals surface area contributed by atoms with E-state index >= 15 is 0 Å². The Labute approximate surface area is 100 Å². The molecule has 84 valence electrons. The molecule has 1 unspecified atom stereocenters. The second-order valence-corrected chi connectivity index (χ2v) is 3.91. The number of carbonyl (C=O) groups is 1. The van der Waals surface area contributed by atoms with Crippen LogP contribution < -0.4 is 5.73 Å². The molecule has 0 saturated carbocycles. The summed E-state index contributed by atoms with van der Waals surface area (Å²) in [5.74, 6) is 2.32. The Bertz CT molecular complexity index is 590. The Morgan fingerprint density at radius 1 is 1.24 bits per heavy atom. The summed E-state index contributed by atoms with van der Waals surface area (Å²) >= 11 is 0. The monoisotopic (exact) mass is 223 g/mol. The second kappa shape index (κ2) is 4.82.